The zero-order valence-electron chi connectivity index (χ0n) is 14.5. The van der Waals surface area contributed by atoms with Crippen molar-refractivity contribution in [3.63, 3.8) is 0 Å². The fraction of sp³-hybridized carbons (Fsp3) is 0.600. The van der Waals surface area contributed by atoms with Crippen LogP contribution in [0.5, 0.6) is 0 Å². The summed E-state index contributed by atoms with van der Waals surface area (Å²) in [6.45, 7) is 3.77. The van der Waals surface area contributed by atoms with Gasteiger partial charge in [-0.2, -0.15) is 4.98 Å². The molecule has 0 saturated carbocycles. The van der Waals surface area contributed by atoms with Crippen molar-refractivity contribution < 1.29 is 24.9 Å². The lowest BCUT2D eigenvalue weighted by molar-refractivity contribution is -0.197. The van der Waals surface area contributed by atoms with Crippen LogP contribution in [-0.4, -0.2) is 65.0 Å². The second kappa shape index (κ2) is 5.84. The molecule has 1 aliphatic heterocycles. The summed E-state index contributed by atoms with van der Waals surface area (Å²) in [5.74, 6) is -1.42. The number of nitrogens with two attached hydrogens (primary N) is 1. The predicted octanol–water partition coefficient (Wildman–Crippen LogP) is -1.92. The number of nitrogen functional groups attached to an aromatic ring is 1. The van der Waals surface area contributed by atoms with Crippen LogP contribution in [-0.2, 0) is 15.3 Å². The number of rotatable bonds is 4. The van der Waals surface area contributed by atoms with E-state index < -0.39 is 47.4 Å². The van der Waals surface area contributed by atoms with E-state index in [0.29, 0.717) is 0 Å². The summed E-state index contributed by atoms with van der Waals surface area (Å²) in [6, 6.07) is 0. The maximum absolute atomic E-state index is 13.1. The minimum absolute atomic E-state index is 0.0914. The van der Waals surface area contributed by atoms with Gasteiger partial charge in [0.25, 0.3) is 5.56 Å². The van der Waals surface area contributed by atoms with Crippen molar-refractivity contribution in [1.82, 2.24) is 19.5 Å². The number of anilines is 1. The molecule has 26 heavy (non-hydrogen) atoms. The Hall–Kier alpha value is -2.34. The summed E-state index contributed by atoms with van der Waals surface area (Å²) in [5.41, 5.74) is 0.457. The number of ketones is 1. The zero-order chi connectivity index (χ0) is 19.4. The Morgan fingerprint density at radius 1 is 1.54 bits per heavy atom. The highest BCUT2D eigenvalue weighted by molar-refractivity contribution is 5.90. The number of carbonyl (C=O) groups is 1. The Balaban J connectivity index is 2.38. The number of Topliss-reactive ketones (excluding diaryl/α,β-unsaturated/α-hetero) is 1. The summed E-state index contributed by atoms with van der Waals surface area (Å²) >= 11 is 0. The van der Waals surface area contributed by atoms with Gasteiger partial charge in [0.1, 0.15) is 24.1 Å². The molecule has 4 atom stereocenters. The van der Waals surface area contributed by atoms with Crippen molar-refractivity contribution in [3.05, 3.63) is 16.7 Å². The number of imidazole rings is 1. The molecule has 3 heterocycles. The van der Waals surface area contributed by atoms with Gasteiger partial charge in [0, 0.05) is 5.92 Å². The maximum Gasteiger partial charge on any atom is 0.280 e. The Morgan fingerprint density at radius 3 is 2.73 bits per heavy atom. The van der Waals surface area contributed by atoms with E-state index in [0.717, 1.165) is 10.9 Å². The third kappa shape index (κ3) is 2.21. The number of hydrogen-bond donors (Lipinski definition) is 5. The highest BCUT2D eigenvalue weighted by atomic mass is 16.6. The quantitative estimate of drug-likeness (QED) is 0.412. The molecule has 0 unspecified atom stereocenters. The van der Waals surface area contributed by atoms with Gasteiger partial charge in [0.15, 0.2) is 16.9 Å². The van der Waals surface area contributed by atoms with Gasteiger partial charge in [-0.15, -0.1) is 0 Å². The lowest BCUT2D eigenvalue weighted by Crippen LogP contribution is -2.61. The van der Waals surface area contributed by atoms with E-state index in [4.69, 9.17) is 10.5 Å². The topological polar surface area (TPSA) is 177 Å². The largest absolute Gasteiger partial charge is 0.394 e. The Morgan fingerprint density at radius 2 is 2.19 bits per heavy atom. The van der Waals surface area contributed by atoms with Crippen LogP contribution >= 0.6 is 0 Å². The minimum Gasteiger partial charge on any atom is -0.394 e. The van der Waals surface area contributed by atoms with Crippen molar-refractivity contribution in [3.8, 4) is 0 Å². The van der Waals surface area contributed by atoms with E-state index in [1.54, 1.807) is 13.8 Å². The van der Waals surface area contributed by atoms with E-state index in [2.05, 4.69) is 15.0 Å². The molecular formula is C15H21N5O6. The number of ether oxygens (including phenoxy) is 1. The number of aliphatic hydroxyl groups is 3. The molecule has 1 aliphatic rings. The molecule has 11 nitrogen and oxygen atoms in total. The number of aliphatic hydroxyl groups excluding tert-OH is 2. The molecule has 1 fully saturated rings. The van der Waals surface area contributed by atoms with Gasteiger partial charge in [-0.05, 0) is 6.92 Å². The first-order valence-electron chi connectivity index (χ1n) is 8.04. The number of nitrogens with one attached hydrogen (secondary N) is 1. The molecule has 6 N–H and O–H groups in total. The number of aromatic nitrogens is 4. The van der Waals surface area contributed by atoms with E-state index in [-0.39, 0.29) is 17.1 Å². The summed E-state index contributed by atoms with van der Waals surface area (Å²) in [4.78, 5) is 35.4. The van der Waals surface area contributed by atoms with E-state index in [1.807, 2.05) is 0 Å². The van der Waals surface area contributed by atoms with Gasteiger partial charge < -0.3 is 25.8 Å². The highest BCUT2D eigenvalue weighted by Gasteiger charge is 2.68. The molecule has 2 aromatic heterocycles. The first-order chi connectivity index (χ1) is 12.1. The van der Waals surface area contributed by atoms with Gasteiger partial charge in [-0.1, -0.05) is 13.8 Å². The van der Waals surface area contributed by atoms with Crippen LogP contribution in [0.15, 0.2) is 11.1 Å². The number of carbonyl (C=O) groups excluding carboxylic acids is 1. The molecule has 0 aliphatic carbocycles. The third-order valence-electron chi connectivity index (χ3n) is 4.74. The second-order valence-corrected chi connectivity index (χ2v) is 6.83. The van der Waals surface area contributed by atoms with E-state index in [9.17, 15) is 24.9 Å². The van der Waals surface area contributed by atoms with Crippen LogP contribution in [0.3, 0.4) is 0 Å². The fourth-order valence-corrected chi connectivity index (χ4v) is 3.38. The lowest BCUT2D eigenvalue weighted by atomic mass is 9.81. The van der Waals surface area contributed by atoms with Crippen molar-refractivity contribution in [2.45, 2.75) is 44.3 Å². The van der Waals surface area contributed by atoms with Crippen molar-refractivity contribution in [2.24, 2.45) is 5.92 Å². The molecule has 2 aromatic rings. The fourth-order valence-electron chi connectivity index (χ4n) is 3.38. The van der Waals surface area contributed by atoms with Crippen LogP contribution in [0.2, 0.25) is 0 Å². The average Bonchev–Trinajstić information content (AvgIpc) is 3.06. The minimum atomic E-state index is -2.16. The monoisotopic (exact) mass is 367 g/mol. The number of hydrogen-bond acceptors (Lipinski definition) is 9. The summed E-state index contributed by atoms with van der Waals surface area (Å²) in [5, 5.41) is 31.0. The molecule has 0 aromatic carbocycles. The average molecular weight is 367 g/mol. The predicted molar refractivity (Wildman–Crippen MR) is 89.0 cm³/mol. The number of nitrogens with zero attached hydrogens (tertiary/aromatic N) is 3. The third-order valence-corrected chi connectivity index (χ3v) is 4.74. The van der Waals surface area contributed by atoms with Crippen LogP contribution in [0.25, 0.3) is 11.2 Å². The van der Waals surface area contributed by atoms with Crippen LogP contribution in [0.4, 0.5) is 5.95 Å². The lowest BCUT2D eigenvalue weighted by Gasteiger charge is -2.39. The molecule has 142 valence electrons. The normalized spacial score (nSPS) is 31.8. The Labute approximate surface area is 147 Å². The highest BCUT2D eigenvalue weighted by Crippen LogP contribution is 2.46. The van der Waals surface area contributed by atoms with Crippen molar-refractivity contribution >= 4 is 22.9 Å². The number of fused-ring (bicyclic) bond motifs is 1. The maximum atomic E-state index is 13.1. The van der Waals surface area contributed by atoms with Gasteiger partial charge in [0.05, 0.1) is 6.61 Å². The number of H-pyrrole nitrogens is 1. The zero-order valence-corrected chi connectivity index (χ0v) is 14.5. The molecule has 0 radical (unpaired) electrons. The number of aromatic amines is 1. The van der Waals surface area contributed by atoms with Crippen LogP contribution < -0.4 is 11.3 Å². The molecular weight excluding hydrogens is 346 g/mol. The second-order valence-electron chi connectivity index (χ2n) is 6.83. The van der Waals surface area contributed by atoms with Crippen LogP contribution in [0, 0.1) is 5.92 Å². The molecule has 0 bridgehead atoms. The van der Waals surface area contributed by atoms with E-state index >= 15 is 0 Å². The van der Waals surface area contributed by atoms with Gasteiger partial charge in [-0.25, -0.2) is 4.98 Å². The summed E-state index contributed by atoms with van der Waals surface area (Å²) in [6.07, 6.45) is -1.69. The van der Waals surface area contributed by atoms with Crippen molar-refractivity contribution in [1.29, 1.82) is 0 Å². The Bertz CT molecular complexity index is 919. The smallest absolute Gasteiger partial charge is 0.280 e. The molecule has 11 heteroatoms. The van der Waals surface area contributed by atoms with Crippen LogP contribution in [0.1, 0.15) is 20.8 Å². The Kier molecular flexibility index (Phi) is 4.15. The van der Waals surface area contributed by atoms with Gasteiger partial charge in [-0.3, -0.25) is 19.1 Å². The first-order valence-corrected chi connectivity index (χ1v) is 8.04. The van der Waals surface area contributed by atoms with Gasteiger partial charge >= 0.3 is 0 Å². The van der Waals surface area contributed by atoms with Crippen molar-refractivity contribution in [2.75, 3.05) is 12.3 Å². The molecule has 1 saturated heterocycles. The SMILES string of the molecule is CC(C)C(=O)[C@@]1(n2cnc3c(=O)[nH]c(N)nc32)O[C@H](CO)[C@@H](O)[C@@]1(C)O. The summed E-state index contributed by atoms with van der Waals surface area (Å²) in [7, 11) is 0. The summed E-state index contributed by atoms with van der Waals surface area (Å²) < 4.78 is 6.80. The molecule has 0 spiro atoms. The molecule has 3 rings (SSSR count). The van der Waals surface area contributed by atoms with E-state index in [1.165, 1.54) is 6.92 Å². The molecule has 0 amide bonds. The first kappa shape index (κ1) is 18.5. The van der Waals surface area contributed by atoms with Gasteiger partial charge in [0.2, 0.25) is 11.7 Å². The standard InChI is InChI=1S/C15H21N5O6/c1-6(2)9(22)15(14(3,25)10(23)7(4-21)26-15)20-5-17-8-11(20)18-13(16)19-12(8)24/h5-7,10,21,23,25H,4H2,1-3H3,(H3,16,18,19,24)/t7-,10-,14-,15-/m1/s1.